The van der Waals surface area contributed by atoms with Gasteiger partial charge in [0.05, 0.1) is 4.90 Å². The molecule has 1 aliphatic rings. The number of carbonyl (C=O) groups excluding carboxylic acids is 1. The van der Waals surface area contributed by atoms with Gasteiger partial charge in [0.25, 0.3) is 0 Å². The van der Waals surface area contributed by atoms with Crippen LogP contribution in [0.5, 0.6) is 0 Å². The summed E-state index contributed by atoms with van der Waals surface area (Å²) in [5.74, 6) is 0.0104. The van der Waals surface area contributed by atoms with Crippen LogP contribution in [0, 0.1) is 11.7 Å². The molecule has 2 atom stereocenters. The van der Waals surface area contributed by atoms with E-state index in [-0.39, 0.29) is 29.8 Å². The van der Waals surface area contributed by atoms with Gasteiger partial charge >= 0.3 is 0 Å². The van der Waals surface area contributed by atoms with Crippen LogP contribution in [0.2, 0.25) is 0 Å². The van der Waals surface area contributed by atoms with Gasteiger partial charge in [-0.05, 0) is 43.0 Å². The molecule has 0 heterocycles. The Balaban J connectivity index is 1.72. The molecular weight excluding hydrogens is 295 g/mol. The summed E-state index contributed by atoms with van der Waals surface area (Å²) in [4.78, 5) is 11.6. The van der Waals surface area contributed by atoms with Crippen LogP contribution in [0.3, 0.4) is 0 Å². The van der Waals surface area contributed by atoms with Crippen molar-refractivity contribution in [2.24, 2.45) is 5.92 Å². The van der Waals surface area contributed by atoms with E-state index < -0.39 is 15.8 Å². The molecule has 1 aromatic rings. The lowest BCUT2D eigenvalue weighted by Gasteiger charge is -2.07. The van der Waals surface area contributed by atoms with Gasteiger partial charge in [-0.15, -0.1) is 0 Å². The van der Waals surface area contributed by atoms with Crippen molar-refractivity contribution in [2.45, 2.75) is 37.1 Å². The molecule has 0 unspecified atom stereocenters. The topological polar surface area (TPSA) is 75.3 Å². The van der Waals surface area contributed by atoms with E-state index in [0.29, 0.717) is 12.3 Å². The lowest BCUT2D eigenvalue weighted by atomic mass is 10.3. The van der Waals surface area contributed by atoms with E-state index in [0.717, 1.165) is 18.6 Å². The molecule has 7 heteroatoms. The van der Waals surface area contributed by atoms with Gasteiger partial charge in [0.15, 0.2) is 0 Å². The Morgan fingerprint density at radius 2 is 1.95 bits per heavy atom. The molecule has 1 fully saturated rings. The average Bonchev–Trinajstić information content (AvgIpc) is 3.10. The molecule has 0 bridgehead atoms. The molecule has 1 aromatic carbocycles. The predicted molar refractivity (Wildman–Crippen MR) is 76.5 cm³/mol. The number of nitrogens with one attached hydrogen (secondary N) is 2. The Morgan fingerprint density at radius 3 is 2.52 bits per heavy atom. The van der Waals surface area contributed by atoms with Gasteiger partial charge < -0.3 is 5.32 Å². The zero-order valence-electron chi connectivity index (χ0n) is 11.8. The predicted octanol–water partition coefficient (Wildman–Crippen LogP) is 1.41. The summed E-state index contributed by atoms with van der Waals surface area (Å²) in [6, 6.07) is 4.89. The Kier molecular flexibility index (Phi) is 4.95. The Morgan fingerprint density at radius 1 is 1.33 bits per heavy atom. The molecule has 116 valence electrons. The zero-order chi connectivity index (χ0) is 15.5. The number of halogens is 1. The van der Waals surface area contributed by atoms with E-state index in [1.165, 1.54) is 12.1 Å². The summed E-state index contributed by atoms with van der Waals surface area (Å²) in [5.41, 5.74) is 0. The molecule has 0 spiro atoms. The van der Waals surface area contributed by atoms with Gasteiger partial charge in [-0.2, -0.15) is 0 Å². The Hall–Kier alpha value is -1.47. The third-order valence-corrected chi connectivity index (χ3v) is 4.93. The number of rotatable bonds is 7. The smallest absolute Gasteiger partial charge is 0.240 e. The Bertz CT molecular complexity index is 601. The minimum Gasteiger partial charge on any atom is -0.353 e. The second kappa shape index (κ2) is 6.53. The first-order valence-corrected chi connectivity index (χ1v) is 8.41. The first-order chi connectivity index (χ1) is 9.88. The van der Waals surface area contributed by atoms with Gasteiger partial charge in [0, 0.05) is 19.0 Å². The van der Waals surface area contributed by atoms with E-state index in [1.807, 2.05) is 0 Å². The highest BCUT2D eigenvalue weighted by atomic mass is 32.2. The van der Waals surface area contributed by atoms with Crippen molar-refractivity contribution in [3.63, 3.8) is 0 Å². The monoisotopic (exact) mass is 314 g/mol. The molecule has 1 saturated carbocycles. The van der Waals surface area contributed by atoms with Gasteiger partial charge in [-0.25, -0.2) is 17.5 Å². The SMILES string of the molecule is C[C@@H]1C[C@H]1NC(=O)CCCNS(=O)(=O)c1ccc(F)cc1. The largest absolute Gasteiger partial charge is 0.353 e. The first-order valence-electron chi connectivity index (χ1n) is 6.93. The number of carbonyl (C=O) groups is 1. The molecule has 0 radical (unpaired) electrons. The number of benzene rings is 1. The van der Waals surface area contributed by atoms with Crippen molar-refractivity contribution in [1.82, 2.24) is 10.0 Å². The molecule has 2 N–H and O–H groups in total. The molecule has 0 aliphatic heterocycles. The molecule has 0 aromatic heterocycles. The molecule has 5 nitrogen and oxygen atoms in total. The quantitative estimate of drug-likeness (QED) is 0.747. The van der Waals surface area contributed by atoms with E-state index >= 15 is 0 Å². The average molecular weight is 314 g/mol. The van der Waals surface area contributed by atoms with Crippen molar-refractivity contribution < 1.29 is 17.6 Å². The van der Waals surface area contributed by atoms with E-state index in [4.69, 9.17) is 0 Å². The fourth-order valence-electron chi connectivity index (χ4n) is 1.95. The molecule has 2 rings (SSSR count). The second-order valence-electron chi connectivity index (χ2n) is 5.34. The summed E-state index contributed by atoms with van der Waals surface area (Å²) in [5, 5.41) is 2.88. The lowest BCUT2D eigenvalue weighted by Crippen LogP contribution is -2.29. The maximum atomic E-state index is 12.7. The first kappa shape index (κ1) is 15.9. The molecule has 0 saturated heterocycles. The summed E-state index contributed by atoms with van der Waals surface area (Å²) in [6.45, 7) is 2.25. The van der Waals surface area contributed by atoms with Crippen LogP contribution in [0.4, 0.5) is 4.39 Å². The van der Waals surface area contributed by atoms with Crippen LogP contribution in [-0.4, -0.2) is 26.9 Å². The highest BCUT2D eigenvalue weighted by Gasteiger charge is 2.33. The van der Waals surface area contributed by atoms with Crippen LogP contribution in [0.25, 0.3) is 0 Å². The van der Waals surface area contributed by atoms with Crippen LogP contribution in [0.1, 0.15) is 26.2 Å². The summed E-state index contributed by atoms with van der Waals surface area (Å²) in [6.07, 6.45) is 1.73. The third kappa shape index (κ3) is 4.78. The van der Waals surface area contributed by atoms with Crippen LogP contribution in [0.15, 0.2) is 29.2 Å². The van der Waals surface area contributed by atoms with Gasteiger partial charge in [-0.1, -0.05) is 6.92 Å². The maximum Gasteiger partial charge on any atom is 0.240 e. The highest BCUT2D eigenvalue weighted by Crippen LogP contribution is 2.28. The van der Waals surface area contributed by atoms with Crippen molar-refractivity contribution >= 4 is 15.9 Å². The van der Waals surface area contributed by atoms with Crippen LogP contribution < -0.4 is 10.0 Å². The highest BCUT2D eigenvalue weighted by molar-refractivity contribution is 7.89. The van der Waals surface area contributed by atoms with Gasteiger partial charge in [0.1, 0.15) is 5.82 Å². The molecular formula is C14H19FN2O3S. The van der Waals surface area contributed by atoms with Gasteiger partial charge in [0.2, 0.25) is 15.9 Å². The molecule has 1 aliphatic carbocycles. The minimum absolute atomic E-state index is 0.0140. The number of amides is 1. The lowest BCUT2D eigenvalue weighted by molar-refractivity contribution is -0.121. The van der Waals surface area contributed by atoms with Crippen molar-refractivity contribution in [3.8, 4) is 0 Å². The van der Waals surface area contributed by atoms with Crippen molar-refractivity contribution in [1.29, 1.82) is 0 Å². The van der Waals surface area contributed by atoms with Crippen molar-refractivity contribution in [3.05, 3.63) is 30.1 Å². The maximum absolute atomic E-state index is 12.7. The number of hydrogen-bond acceptors (Lipinski definition) is 3. The Labute approximate surface area is 124 Å². The number of sulfonamides is 1. The molecule has 21 heavy (non-hydrogen) atoms. The fourth-order valence-corrected chi connectivity index (χ4v) is 3.03. The normalized spacial score (nSPS) is 21.0. The molecule has 1 amide bonds. The minimum atomic E-state index is -3.64. The van der Waals surface area contributed by atoms with Crippen molar-refractivity contribution in [2.75, 3.05) is 6.54 Å². The van der Waals surface area contributed by atoms with E-state index in [1.54, 1.807) is 0 Å². The standard InChI is InChI=1S/C14H19FN2O3S/c1-10-9-13(10)17-14(18)3-2-8-16-21(19,20)12-6-4-11(15)5-7-12/h4-7,10,13,16H,2-3,8-9H2,1H3,(H,17,18)/t10-,13-/m1/s1. The summed E-state index contributed by atoms with van der Waals surface area (Å²) >= 11 is 0. The van der Waals surface area contributed by atoms with Gasteiger partial charge in [-0.3, -0.25) is 4.79 Å². The fraction of sp³-hybridized carbons (Fsp3) is 0.500. The van der Waals surface area contributed by atoms with E-state index in [9.17, 15) is 17.6 Å². The van der Waals surface area contributed by atoms with Crippen LogP contribution >= 0.6 is 0 Å². The zero-order valence-corrected chi connectivity index (χ0v) is 12.6. The summed E-state index contributed by atoms with van der Waals surface area (Å²) < 4.78 is 38.9. The third-order valence-electron chi connectivity index (χ3n) is 3.45. The summed E-state index contributed by atoms with van der Waals surface area (Å²) in [7, 11) is -3.64. The van der Waals surface area contributed by atoms with Crippen LogP contribution in [-0.2, 0) is 14.8 Å². The number of hydrogen-bond donors (Lipinski definition) is 2. The second-order valence-corrected chi connectivity index (χ2v) is 7.11. The van der Waals surface area contributed by atoms with E-state index in [2.05, 4.69) is 17.0 Å².